The molecule has 1 amide bonds. The van der Waals surface area contributed by atoms with E-state index in [4.69, 9.17) is 0 Å². The lowest BCUT2D eigenvalue weighted by Gasteiger charge is -2.10. The number of benzene rings is 1. The van der Waals surface area contributed by atoms with Gasteiger partial charge in [0.15, 0.2) is 0 Å². The number of carbonyl (C=O) groups excluding carboxylic acids is 1. The normalized spacial score (nSPS) is 11.2. The van der Waals surface area contributed by atoms with E-state index in [0.717, 1.165) is 22.0 Å². The van der Waals surface area contributed by atoms with E-state index >= 15 is 0 Å². The first kappa shape index (κ1) is 18.6. The average Bonchev–Trinajstić information content (AvgIpc) is 3.36. The monoisotopic (exact) mass is 386 g/mol. The summed E-state index contributed by atoms with van der Waals surface area (Å²) >= 11 is 0. The third-order valence-electron chi connectivity index (χ3n) is 4.80. The van der Waals surface area contributed by atoms with Gasteiger partial charge in [-0.2, -0.15) is 5.10 Å². The summed E-state index contributed by atoms with van der Waals surface area (Å²) in [7, 11) is 1.96. The largest absolute Gasteiger partial charge is 0.334 e. The number of fused-ring (bicyclic) bond motifs is 1. The van der Waals surface area contributed by atoms with E-state index in [1.165, 1.54) is 0 Å². The molecule has 0 spiro atoms. The maximum Gasteiger partial charge on any atom is 0.260 e. The first-order chi connectivity index (χ1) is 14.0. The number of imidazole rings is 1. The molecule has 7 heteroatoms. The summed E-state index contributed by atoms with van der Waals surface area (Å²) < 4.78 is 3.71. The van der Waals surface area contributed by atoms with Crippen molar-refractivity contribution in [1.82, 2.24) is 24.3 Å². The highest BCUT2D eigenvalue weighted by Crippen LogP contribution is 2.28. The van der Waals surface area contributed by atoms with E-state index in [-0.39, 0.29) is 11.9 Å². The van der Waals surface area contributed by atoms with Gasteiger partial charge in [0.05, 0.1) is 35.7 Å². The molecule has 0 saturated heterocycles. The predicted octanol–water partition coefficient (Wildman–Crippen LogP) is 4.31. The minimum Gasteiger partial charge on any atom is -0.334 e. The Labute approximate surface area is 168 Å². The molecular formula is C22H22N6O. The number of nitrogens with zero attached hydrogens (tertiary/aromatic N) is 5. The second-order valence-electron chi connectivity index (χ2n) is 7.18. The lowest BCUT2D eigenvalue weighted by atomic mass is 10.0. The quantitative estimate of drug-likeness (QED) is 0.554. The summed E-state index contributed by atoms with van der Waals surface area (Å²) in [6, 6.07) is 8.17. The van der Waals surface area contributed by atoms with Crippen LogP contribution in [0.4, 0.5) is 5.82 Å². The Hall–Kier alpha value is -3.74. The zero-order valence-corrected chi connectivity index (χ0v) is 16.6. The number of amides is 1. The molecule has 29 heavy (non-hydrogen) atoms. The second-order valence-corrected chi connectivity index (χ2v) is 7.18. The van der Waals surface area contributed by atoms with Crippen molar-refractivity contribution in [2.75, 3.05) is 5.32 Å². The van der Waals surface area contributed by atoms with Crippen LogP contribution >= 0.6 is 0 Å². The van der Waals surface area contributed by atoms with Gasteiger partial charge in [0, 0.05) is 30.2 Å². The number of aryl methyl sites for hydroxylation is 1. The van der Waals surface area contributed by atoms with Crippen molar-refractivity contribution in [3.05, 3.63) is 67.0 Å². The van der Waals surface area contributed by atoms with Crippen LogP contribution in [0.3, 0.4) is 0 Å². The topological polar surface area (TPSA) is 77.6 Å². The maximum absolute atomic E-state index is 12.6. The smallest absolute Gasteiger partial charge is 0.260 e. The summed E-state index contributed by atoms with van der Waals surface area (Å²) in [5.74, 6) is 0.221. The fourth-order valence-corrected chi connectivity index (χ4v) is 3.23. The zero-order chi connectivity index (χ0) is 20.5. The first-order valence-corrected chi connectivity index (χ1v) is 9.35. The molecule has 3 aromatic heterocycles. The number of hydrogen-bond acceptors (Lipinski definition) is 4. The molecule has 146 valence electrons. The fraction of sp³-hybridized carbons (Fsp3) is 0.182. The average molecular weight is 386 g/mol. The number of nitrogens with one attached hydrogen (secondary N) is 1. The van der Waals surface area contributed by atoms with Crippen LogP contribution in [0.25, 0.3) is 28.1 Å². The van der Waals surface area contributed by atoms with E-state index < -0.39 is 0 Å². The van der Waals surface area contributed by atoms with E-state index in [1.54, 1.807) is 29.5 Å². The molecule has 4 aromatic rings. The molecule has 1 aromatic carbocycles. The van der Waals surface area contributed by atoms with Crippen molar-refractivity contribution < 1.29 is 4.79 Å². The highest BCUT2D eigenvalue weighted by atomic mass is 16.1. The minimum atomic E-state index is -0.249. The third kappa shape index (κ3) is 3.54. The Morgan fingerprint density at radius 2 is 2.07 bits per heavy atom. The Morgan fingerprint density at radius 3 is 2.72 bits per heavy atom. The highest BCUT2D eigenvalue weighted by molar-refractivity contribution is 6.04. The number of pyridine rings is 1. The van der Waals surface area contributed by atoms with E-state index in [2.05, 4.69) is 33.0 Å². The van der Waals surface area contributed by atoms with Gasteiger partial charge in [0.1, 0.15) is 5.82 Å². The third-order valence-corrected chi connectivity index (χ3v) is 4.80. The summed E-state index contributed by atoms with van der Waals surface area (Å²) in [6.45, 7) is 7.89. The van der Waals surface area contributed by atoms with Gasteiger partial charge in [-0.25, -0.2) is 9.97 Å². The lowest BCUT2D eigenvalue weighted by molar-refractivity contribution is 0.102. The molecule has 7 nitrogen and oxygen atoms in total. The van der Waals surface area contributed by atoms with Crippen LogP contribution in [-0.2, 0) is 7.05 Å². The molecule has 4 rings (SSSR count). The number of carbonyl (C=O) groups is 1. The minimum absolute atomic E-state index is 0.188. The fourth-order valence-electron chi connectivity index (χ4n) is 3.23. The van der Waals surface area contributed by atoms with Crippen LogP contribution < -0.4 is 5.32 Å². The van der Waals surface area contributed by atoms with Crippen LogP contribution in [0.5, 0.6) is 0 Å². The van der Waals surface area contributed by atoms with Crippen molar-refractivity contribution in [3.63, 3.8) is 0 Å². The van der Waals surface area contributed by atoms with E-state index in [1.807, 2.05) is 49.9 Å². The highest BCUT2D eigenvalue weighted by Gasteiger charge is 2.13. The van der Waals surface area contributed by atoms with Gasteiger partial charge in [-0.1, -0.05) is 18.7 Å². The number of hydrogen-bond donors (Lipinski definition) is 1. The van der Waals surface area contributed by atoms with Crippen molar-refractivity contribution >= 4 is 28.6 Å². The molecule has 1 N–H and O–H groups in total. The molecule has 3 heterocycles. The lowest BCUT2D eigenvalue weighted by Crippen LogP contribution is -2.13. The van der Waals surface area contributed by atoms with Gasteiger partial charge in [-0.3, -0.25) is 9.48 Å². The molecule has 0 aliphatic rings. The summed E-state index contributed by atoms with van der Waals surface area (Å²) in [6.07, 6.45) is 8.58. The van der Waals surface area contributed by atoms with Crippen molar-refractivity contribution in [1.29, 1.82) is 0 Å². The van der Waals surface area contributed by atoms with Crippen LogP contribution in [-0.4, -0.2) is 30.2 Å². The van der Waals surface area contributed by atoms with Gasteiger partial charge < -0.3 is 9.88 Å². The van der Waals surface area contributed by atoms with Gasteiger partial charge >= 0.3 is 0 Å². The Kier molecular flexibility index (Phi) is 4.72. The maximum atomic E-state index is 12.6. The van der Waals surface area contributed by atoms with Crippen LogP contribution in [0.1, 0.15) is 35.9 Å². The summed E-state index contributed by atoms with van der Waals surface area (Å²) in [5, 5.41) is 9.02. The zero-order valence-electron chi connectivity index (χ0n) is 16.6. The molecule has 0 fully saturated rings. The molecule has 0 aliphatic heterocycles. The second kappa shape index (κ2) is 7.35. The van der Waals surface area contributed by atoms with Crippen molar-refractivity contribution in [2.45, 2.75) is 19.9 Å². The van der Waals surface area contributed by atoms with Crippen LogP contribution in [0.2, 0.25) is 0 Å². The van der Waals surface area contributed by atoms with Gasteiger partial charge in [0.2, 0.25) is 0 Å². The molecule has 0 aliphatic carbocycles. The number of aromatic nitrogens is 5. The SMILES string of the molecule is C=Cc1nc(NC(=O)c2cnn(C(C)C)c2)cc2cc(-c3cncn3C)ccc12. The standard InChI is InChI=1S/C22H22N6O/c1-5-19-18-7-6-15(20-11-23-13-27(20)4)8-16(18)9-21(25-19)26-22(29)17-10-24-28(12-17)14(2)3/h5-14H,1H2,2-4H3,(H,25,26,29). The molecule has 0 unspecified atom stereocenters. The first-order valence-electron chi connectivity index (χ1n) is 9.35. The van der Waals surface area contributed by atoms with Crippen molar-refractivity contribution in [3.8, 4) is 11.3 Å². The van der Waals surface area contributed by atoms with Crippen LogP contribution in [0.15, 0.2) is 55.8 Å². The van der Waals surface area contributed by atoms with Gasteiger partial charge in [-0.15, -0.1) is 0 Å². The van der Waals surface area contributed by atoms with Gasteiger partial charge in [-0.05, 0) is 37.4 Å². The number of rotatable bonds is 5. The Balaban J connectivity index is 1.71. The van der Waals surface area contributed by atoms with Crippen LogP contribution in [0, 0.1) is 0 Å². The molecule has 0 radical (unpaired) electrons. The molecule has 0 bridgehead atoms. The Bertz CT molecular complexity index is 1220. The summed E-state index contributed by atoms with van der Waals surface area (Å²) in [4.78, 5) is 21.4. The van der Waals surface area contributed by atoms with Crippen molar-refractivity contribution in [2.24, 2.45) is 7.05 Å². The van der Waals surface area contributed by atoms with E-state index in [9.17, 15) is 4.79 Å². The predicted molar refractivity (Wildman–Crippen MR) is 115 cm³/mol. The summed E-state index contributed by atoms with van der Waals surface area (Å²) in [5.41, 5.74) is 3.25. The molecule has 0 atom stereocenters. The van der Waals surface area contributed by atoms with Gasteiger partial charge in [0.25, 0.3) is 5.91 Å². The Morgan fingerprint density at radius 1 is 1.24 bits per heavy atom. The number of anilines is 1. The molecular weight excluding hydrogens is 364 g/mol. The molecule has 0 saturated carbocycles. The van der Waals surface area contributed by atoms with E-state index in [0.29, 0.717) is 17.1 Å².